The first kappa shape index (κ1) is 9.58. The molecule has 1 radical (unpaired) electrons. The molecule has 4 heteroatoms. The third kappa shape index (κ3) is 1.93. The van der Waals surface area contributed by atoms with E-state index in [1.54, 1.807) is 18.3 Å². The minimum atomic E-state index is -0.537. The van der Waals surface area contributed by atoms with Gasteiger partial charge in [-0.15, -0.1) is 0 Å². The first-order valence-corrected chi connectivity index (χ1v) is 4.34. The third-order valence-electron chi connectivity index (χ3n) is 1.85. The maximum Gasteiger partial charge on any atom is 0.195 e. The van der Waals surface area contributed by atoms with Crippen molar-refractivity contribution >= 4 is 5.83 Å². The van der Waals surface area contributed by atoms with Gasteiger partial charge in [-0.05, 0) is 25.1 Å². The van der Waals surface area contributed by atoms with Gasteiger partial charge >= 0.3 is 0 Å². The summed E-state index contributed by atoms with van der Waals surface area (Å²) in [6.07, 6.45) is 2.71. The second-order valence-electron chi connectivity index (χ2n) is 2.84. The fourth-order valence-corrected chi connectivity index (χ4v) is 1.12. The van der Waals surface area contributed by atoms with Crippen LogP contribution in [-0.4, -0.2) is 10.1 Å². The number of aromatic nitrogens is 2. The summed E-state index contributed by atoms with van der Waals surface area (Å²) in [5.41, 5.74) is 1.15. The molecule has 0 saturated carbocycles. The topological polar surface area (TPSA) is 38.9 Å². The molecule has 2 rings (SSSR count). The lowest BCUT2D eigenvalue weighted by Gasteiger charge is -1.90. The van der Waals surface area contributed by atoms with Crippen molar-refractivity contribution in [3.8, 4) is 11.4 Å². The summed E-state index contributed by atoms with van der Waals surface area (Å²) >= 11 is 0. The number of allylic oxidation sites excluding steroid dienone is 1. The molecule has 0 aliphatic heterocycles. The van der Waals surface area contributed by atoms with E-state index in [9.17, 15) is 4.39 Å². The average molecular weight is 203 g/mol. The average Bonchev–Trinajstić information content (AvgIpc) is 2.78. The molecule has 0 fully saturated rings. The van der Waals surface area contributed by atoms with Crippen molar-refractivity contribution in [2.75, 3.05) is 0 Å². The monoisotopic (exact) mass is 203 g/mol. The van der Waals surface area contributed by atoms with Crippen molar-refractivity contribution < 1.29 is 8.91 Å². The predicted molar refractivity (Wildman–Crippen MR) is 54.2 cm³/mol. The van der Waals surface area contributed by atoms with E-state index >= 15 is 0 Å². The Kier molecular flexibility index (Phi) is 2.58. The molecular formula is C11H8FN2O. The normalized spacial score (nSPS) is 11.7. The summed E-state index contributed by atoms with van der Waals surface area (Å²) in [7, 11) is 0. The Labute approximate surface area is 86.2 Å². The van der Waals surface area contributed by atoms with E-state index in [1.165, 1.54) is 6.07 Å². The highest BCUT2D eigenvalue weighted by Gasteiger charge is 2.09. The highest BCUT2D eigenvalue weighted by Crippen LogP contribution is 2.21. The Balaban J connectivity index is 2.36. The molecule has 2 aromatic heterocycles. The smallest absolute Gasteiger partial charge is 0.195 e. The van der Waals surface area contributed by atoms with Crippen LogP contribution in [0.2, 0.25) is 0 Å². The Morgan fingerprint density at radius 1 is 1.40 bits per heavy atom. The van der Waals surface area contributed by atoms with Gasteiger partial charge in [0.25, 0.3) is 0 Å². The quantitative estimate of drug-likeness (QED) is 0.753. The molecule has 0 amide bonds. The molecule has 2 aromatic rings. The number of rotatable bonds is 2. The molecule has 0 aliphatic carbocycles. The molecule has 0 unspecified atom stereocenters. The van der Waals surface area contributed by atoms with Crippen molar-refractivity contribution in [3.05, 3.63) is 49.2 Å². The van der Waals surface area contributed by atoms with Crippen LogP contribution in [0.15, 0.2) is 41.1 Å². The summed E-state index contributed by atoms with van der Waals surface area (Å²) in [5.74, 6) is -0.477. The highest BCUT2D eigenvalue weighted by molar-refractivity contribution is 5.61. The van der Waals surface area contributed by atoms with E-state index in [1.807, 2.05) is 6.07 Å². The van der Waals surface area contributed by atoms with E-state index in [0.29, 0.717) is 11.4 Å². The molecular weight excluding hydrogens is 195 g/mol. The minimum absolute atomic E-state index is 0.0608. The summed E-state index contributed by atoms with van der Waals surface area (Å²) in [4.78, 5) is 4.07. The van der Waals surface area contributed by atoms with E-state index in [0.717, 1.165) is 6.08 Å². The van der Waals surface area contributed by atoms with Crippen molar-refractivity contribution in [2.24, 2.45) is 0 Å². The molecule has 0 bridgehead atoms. The van der Waals surface area contributed by atoms with Crippen molar-refractivity contribution in [3.63, 3.8) is 0 Å². The van der Waals surface area contributed by atoms with Crippen LogP contribution >= 0.6 is 0 Å². The van der Waals surface area contributed by atoms with E-state index < -0.39 is 5.83 Å². The van der Waals surface area contributed by atoms with Gasteiger partial charge in [0, 0.05) is 12.3 Å². The van der Waals surface area contributed by atoms with Crippen LogP contribution in [0.4, 0.5) is 4.39 Å². The van der Waals surface area contributed by atoms with Crippen molar-refractivity contribution in [1.82, 2.24) is 10.1 Å². The first-order chi connectivity index (χ1) is 7.31. The van der Waals surface area contributed by atoms with Crippen LogP contribution in [0.5, 0.6) is 0 Å². The Hall–Kier alpha value is -1.97. The lowest BCUT2D eigenvalue weighted by Crippen LogP contribution is -1.79. The van der Waals surface area contributed by atoms with E-state index in [-0.39, 0.29) is 5.76 Å². The Morgan fingerprint density at radius 3 is 2.93 bits per heavy atom. The van der Waals surface area contributed by atoms with Crippen LogP contribution in [0.3, 0.4) is 0 Å². The SMILES string of the molecule is [CH2]/C=C(/F)c1cc(-c2ccccn2)no1. The lowest BCUT2D eigenvalue weighted by atomic mass is 10.2. The number of hydrogen-bond donors (Lipinski definition) is 0. The van der Waals surface area contributed by atoms with Crippen LogP contribution < -0.4 is 0 Å². The van der Waals surface area contributed by atoms with Crippen LogP contribution in [0, 0.1) is 6.92 Å². The van der Waals surface area contributed by atoms with Crippen molar-refractivity contribution in [1.29, 1.82) is 0 Å². The van der Waals surface area contributed by atoms with Gasteiger partial charge in [-0.1, -0.05) is 11.2 Å². The largest absolute Gasteiger partial charge is 0.353 e. The first-order valence-electron chi connectivity index (χ1n) is 4.34. The van der Waals surface area contributed by atoms with Gasteiger partial charge in [0.05, 0.1) is 5.69 Å². The Morgan fingerprint density at radius 2 is 2.27 bits per heavy atom. The van der Waals surface area contributed by atoms with E-state index in [2.05, 4.69) is 17.1 Å². The summed E-state index contributed by atoms with van der Waals surface area (Å²) in [5, 5.41) is 3.71. The zero-order valence-corrected chi connectivity index (χ0v) is 7.85. The van der Waals surface area contributed by atoms with Gasteiger partial charge in [-0.25, -0.2) is 4.39 Å². The number of hydrogen-bond acceptors (Lipinski definition) is 3. The summed E-state index contributed by atoms with van der Waals surface area (Å²) in [6.45, 7) is 3.30. The maximum absolute atomic E-state index is 13.0. The van der Waals surface area contributed by atoms with Gasteiger partial charge in [-0.2, -0.15) is 0 Å². The minimum Gasteiger partial charge on any atom is -0.353 e. The van der Waals surface area contributed by atoms with Crippen LogP contribution in [0.25, 0.3) is 17.2 Å². The summed E-state index contributed by atoms with van der Waals surface area (Å²) < 4.78 is 17.8. The molecule has 0 atom stereocenters. The number of nitrogens with zero attached hydrogens (tertiary/aromatic N) is 2. The van der Waals surface area contributed by atoms with Crippen LogP contribution in [0.1, 0.15) is 5.76 Å². The van der Waals surface area contributed by atoms with Gasteiger partial charge in [0.2, 0.25) is 0 Å². The predicted octanol–water partition coefficient (Wildman–Crippen LogP) is 2.88. The lowest BCUT2D eigenvalue weighted by molar-refractivity contribution is 0.403. The Bertz CT molecular complexity index is 476. The zero-order chi connectivity index (χ0) is 10.7. The van der Waals surface area contributed by atoms with Gasteiger partial charge in [0.15, 0.2) is 11.6 Å². The second-order valence-corrected chi connectivity index (χ2v) is 2.84. The fourth-order valence-electron chi connectivity index (χ4n) is 1.12. The zero-order valence-electron chi connectivity index (χ0n) is 7.85. The second kappa shape index (κ2) is 4.04. The third-order valence-corrected chi connectivity index (χ3v) is 1.85. The molecule has 75 valence electrons. The van der Waals surface area contributed by atoms with E-state index in [4.69, 9.17) is 4.52 Å². The molecule has 3 nitrogen and oxygen atoms in total. The molecule has 0 saturated heterocycles. The number of pyridine rings is 1. The molecule has 15 heavy (non-hydrogen) atoms. The standard InChI is InChI=1S/C11H8FN2O/c1-2-8(12)11-7-10(14-15-11)9-5-3-4-6-13-9/h2-7H,1H2/b8-2+. The number of halogens is 1. The van der Waals surface area contributed by atoms with Gasteiger partial charge < -0.3 is 4.52 Å². The van der Waals surface area contributed by atoms with Crippen LogP contribution in [-0.2, 0) is 0 Å². The fraction of sp³-hybridized carbons (Fsp3) is 0. The highest BCUT2D eigenvalue weighted by atomic mass is 19.1. The van der Waals surface area contributed by atoms with Crippen molar-refractivity contribution in [2.45, 2.75) is 0 Å². The summed E-state index contributed by atoms with van der Waals surface area (Å²) in [6, 6.07) is 6.87. The van der Waals surface area contributed by atoms with Gasteiger partial charge in [-0.3, -0.25) is 4.98 Å². The maximum atomic E-state index is 13.0. The molecule has 0 aromatic carbocycles. The molecule has 2 heterocycles. The molecule has 0 spiro atoms. The molecule has 0 N–H and O–H groups in total. The van der Waals surface area contributed by atoms with Gasteiger partial charge in [0.1, 0.15) is 5.69 Å². The molecule has 0 aliphatic rings.